The third-order valence-corrected chi connectivity index (χ3v) is 4.74. The highest BCUT2D eigenvalue weighted by Gasteiger charge is 2.45. The van der Waals surface area contributed by atoms with Crippen LogP contribution in [0.2, 0.25) is 0 Å². The van der Waals surface area contributed by atoms with E-state index in [9.17, 15) is 27.2 Å². The maximum absolute atomic E-state index is 14.5. The minimum Gasteiger partial charge on any atom is -0.344 e. The van der Waals surface area contributed by atoms with Gasteiger partial charge in [-0.1, -0.05) is 6.07 Å². The number of anilines is 1. The fraction of sp³-hybridized carbons (Fsp3) is 0.263. The van der Waals surface area contributed by atoms with E-state index in [1.54, 1.807) is 0 Å². The smallest absolute Gasteiger partial charge is 0.237 e. The van der Waals surface area contributed by atoms with Gasteiger partial charge in [-0.3, -0.25) is 9.59 Å². The Morgan fingerprint density at radius 1 is 1.11 bits per heavy atom. The number of amides is 2. The van der Waals surface area contributed by atoms with Crippen molar-refractivity contribution in [1.29, 1.82) is 0 Å². The molecule has 0 bridgehead atoms. The van der Waals surface area contributed by atoms with Crippen LogP contribution >= 0.6 is 0 Å². The molecule has 2 amide bonds. The molecule has 27 heavy (non-hydrogen) atoms. The maximum atomic E-state index is 14.5. The fourth-order valence-electron chi connectivity index (χ4n) is 3.24. The van der Waals surface area contributed by atoms with Gasteiger partial charge in [-0.25, -0.2) is 17.6 Å². The summed E-state index contributed by atoms with van der Waals surface area (Å²) in [6, 6.07) is 4.86. The van der Waals surface area contributed by atoms with E-state index in [4.69, 9.17) is 0 Å². The average molecular weight is 380 g/mol. The van der Waals surface area contributed by atoms with Crippen molar-refractivity contribution < 1.29 is 27.2 Å². The molecule has 0 spiro atoms. The van der Waals surface area contributed by atoms with Gasteiger partial charge in [-0.05, 0) is 30.7 Å². The Labute approximate surface area is 152 Å². The molecule has 4 nitrogen and oxygen atoms in total. The second kappa shape index (κ2) is 7.02. The highest BCUT2D eigenvalue weighted by atomic mass is 19.1. The van der Waals surface area contributed by atoms with E-state index < -0.39 is 46.9 Å². The quantitative estimate of drug-likeness (QED) is 0.656. The lowest BCUT2D eigenvalue weighted by Gasteiger charge is -2.18. The van der Waals surface area contributed by atoms with E-state index in [2.05, 4.69) is 5.32 Å². The molecule has 0 aliphatic carbocycles. The van der Waals surface area contributed by atoms with Crippen molar-refractivity contribution in [2.24, 2.45) is 5.92 Å². The Morgan fingerprint density at radius 2 is 1.81 bits per heavy atom. The van der Waals surface area contributed by atoms with E-state index in [1.165, 1.54) is 24.9 Å². The summed E-state index contributed by atoms with van der Waals surface area (Å²) in [6.45, 7) is 1.31. The zero-order valence-electron chi connectivity index (χ0n) is 14.5. The van der Waals surface area contributed by atoms with E-state index in [-0.39, 0.29) is 23.4 Å². The predicted molar refractivity (Wildman–Crippen MR) is 90.0 cm³/mol. The van der Waals surface area contributed by atoms with Crippen molar-refractivity contribution in [3.63, 3.8) is 0 Å². The molecule has 0 unspecified atom stereocenters. The van der Waals surface area contributed by atoms with Crippen molar-refractivity contribution in [1.82, 2.24) is 4.90 Å². The van der Waals surface area contributed by atoms with Gasteiger partial charge in [0.05, 0.1) is 5.69 Å². The number of rotatable bonds is 3. The van der Waals surface area contributed by atoms with Gasteiger partial charge >= 0.3 is 0 Å². The van der Waals surface area contributed by atoms with E-state index in [0.717, 1.165) is 18.2 Å². The first-order valence-corrected chi connectivity index (χ1v) is 8.16. The number of carbonyl (C=O) groups excluding carboxylic acids is 2. The Kier molecular flexibility index (Phi) is 4.91. The van der Waals surface area contributed by atoms with Crippen molar-refractivity contribution in [2.75, 3.05) is 18.9 Å². The van der Waals surface area contributed by atoms with Gasteiger partial charge < -0.3 is 10.2 Å². The third kappa shape index (κ3) is 3.39. The Balaban J connectivity index is 1.95. The molecule has 1 fully saturated rings. The minimum absolute atomic E-state index is 0.0336. The third-order valence-electron chi connectivity index (χ3n) is 4.74. The van der Waals surface area contributed by atoms with Crippen molar-refractivity contribution in [2.45, 2.75) is 12.8 Å². The number of likely N-dealkylation sites (N-methyl/N-ethyl adjacent to an activating group) is 1. The minimum atomic E-state index is -1.32. The molecule has 1 heterocycles. The van der Waals surface area contributed by atoms with Crippen molar-refractivity contribution in [3.8, 4) is 0 Å². The lowest BCUT2D eigenvalue weighted by Crippen LogP contribution is -2.33. The van der Waals surface area contributed by atoms with Crippen LogP contribution in [0.4, 0.5) is 23.2 Å². The zero-order chi connectivity index (χ0) is 19.9. The highest BCUT2D eigenvalue weighted by Crippen LogP contribution is 2.36. The largest absolute Gasteiger partial charge is 0.344 e. The van der Waals surface area contributed by atoms with Crippen LogP contribution in [-0.2, 0) is 9.59 Å². The van der Waals surface area contributed by atoms with Crippen LogP contribution in [0.25, 0.3) is 0 Å². The molecule has 2 aromatic rings. The molecule has 1 saturated heterocycles. The molecular formula is C19H16F4N2O2. The first-order chi connectivity index (χ1) is 12.7. The molecule has 1 N–H and O–H groups in total. The number of nitrogens with one attached hydrogen (secondary N) is 1. The van der Waals surface area contributed by atoms with Gasteiger partial charge in [-0.15, -0.1) is 0 Å². The Hall–Kier alpha value is -2.90. The second-order valence-corrected chi connectivity index (χ2v) is 6.49. The number of likely N-dealkylation sites (tertiary alicyclic amines) is 1. The lowest BCUT2D eigenvalue weighted by atomic mass is 9.86. The molecule has 2 aromatic carbocycles. The zero-order valence-corrected chi connectivity index (χ0v) is 14.5. The summed E-state index contributed by atoms with van der Waals surface area (Å²) in [5.41, 5.74) is -0.470. The molecule has 0 radical (unpaired) electrons. The van der Waals surface area contributed by atoms with Crippen LogP contribution < -0.4 is 5.32 Å². The summed E-state index contributed by atoms with van der Waals surface area (Å²) in [4.78, 5) is 26.3. The Bertz CT molecular complexity index is 932. The standard InChI is InChI=1S/C19H16F4N2O2/c1-9-13(21)5-4-11(17(9)23)12-8-25(2)19(27)16(12)18(26)24-15-6-3-10(20)7-14(15)22/h3-7,12,16H,8H2,1-2H3,(H,24,26)/t12-,16+/m1/s1. The van der Waals surface area contributed by atoms with Crippen LogP contribution in [0.1, 0.15) is 17.0 Å². The number of hydrogen-bond acceptors (Lipinski definition) is 2. The number of carbonyl (C=O) groups is 2. The van der Waals surface area contributed by atoms with E-state index >= 15 is 0 Å². The summed E-state index contributed by atoms with van der Waals surface area (Å²) < 4.78 is 54.9. The number of nitrogens with zero attached hydrogens (tertiary/aromatic N) is 1. The second-order valence-electron chi connectivity index (χ2n) is 6.49. The van der Waals surface area contributed by atoms with Crippen molar-refractivity contribution in [3.05, 3.63) is 64.7 Å². The molecule has 0 saturated carbocycles. The van der Waals surface area contributed by atoms with Gasteiger partial charge in [0.15, 0.2) is 0 Å². The number of hydrogen-bond donors (Lipinski definition) is 1. The summed E-state index contributed by atoms with van der Waals surface area (Å²) in [7, 11) is 1.45. The van der Waals surface area contributed by atoms with Gasteiger partial charge in [0.25, 0.3) is 0 Å². The molecule has 2 atom stereocenters. The van der Waals surface area contributed by atoms with Gasteiger partial charge in [-0.2, -0.15) is 0 Å². The van der Waals surface area contributed by atoms with E-state index in [1.807, 2.05) is 0 Å². The topological polar surface area (TPSA) is 49.4 Å². The Morgan fingerprint density at radius 3 is 2.48 bits per heavy atom. The maximum Gasteiger partial charge on any atom is 0.237 e. The molecule has 1 aliphatic heterocycles. The summed E-state index contributed by atoms with van der Waals surface area (Å²) >= 11 is 0. The van der Waals surface area contributed by atoms with Crippen LogP contribution in [-0.4, -0.2) is 30.3 Å². The number of halogens is 4. The molecule has 3 rings (SSSR count). The first-order valence-electron chi connectivity index (χ1n) is 8.16. The van der Waals surface area contributed by atoms with Crippen molar-refractivity contribution >= 4 is 17.5 Å². The van der Waals surface area contributed by atoms with E-state index in [0.29, 0.717) is 6.07 Å². The molecule has 1 aliphatic rings. The summed E-state index contributed by atoms with van der Waals surface area (Å²) in [5, 5.41) is 2.25. The van der Waals surface area contributed by atoms with Crippen LogP contribution in [0, 0.1) is 36.1 Å². The fourth-order valence-corrected chi connectivity index (χ4v) is 3.24. The van der Waals surface area contributed by atoms with Gasteiger partial charge in [0.1, 0.15) is 29.2 Å². The van der Waals surface area contributed by atoms with Gasteiger partial charge in [0.2, 0.25) is 11.8 Å². The predicted octanol–water partition coefficient (Wildman–Crippen LogP) is 3.36. The SMILES string of the molecule is Cc1c(F)ccc([C@H]2CN(C)C(=O)[C@@H]2C(=O)Nc2ccc(F)cc2F)c1F. The highest BCUT2D eigenvalue weighted by molar-refractivity contribution is 6.08. The molecule has 8 heteroatoms. The van der Waals surface area contributed by atoms with Gasteiger partial charge in [0, 0.05) is 31.1 Å². The molecular weight excluding hydrogens is 364 g/mol. The summed E-state index contributed by atoms with van der Waals surface area (Å²) in [6.07, 6.45) is 0. The summed E-state index contributed by atoms with van der Waals surface area (Å²) in [5.74, 6) is -6.98. The normalized spacial score (nSPS) is 19.5. The lowest BCUT2D eigenvalue weighted by molar-refractivity contribution is -0.135. The number of benzene rings is 2. The first kappa shape index (κ1) is 18.9. The molecule has 142 valence electrons. The molecule has 0 aromatic heterocycles. The van der Waals surface area contributed by atoms with Crippen LogP contribution in [0.5, 0.6) is 0 Å². The van der Waals surface area contributed by atoms with Crippen LogP contribution in [0.3, 0.4) is 0 Å². The van der Waals surface area contributed by atoms with Crippen LogP contribution in [0.15, 0.2) is 30.3 Å². The average Bonchev–Trinajstić information content (AvgIpc) is 2.90. The monoisotopic (exact) mass is 380 g/mol.